The second-order valence-corrected chi connectivity index (χ2v) is 3.75. The van der Waals surface area contributed by atoms with Crippen LogP contribution in [0.1, 0.15) is 32.4 Å². The van der Waals surface area contributed by atoms with Gasteiger partial charge < -0.3 is 11.1 Å². The van der Waals surface area contributed by atoms with Gasteiger partial charge >= 0.3 is 0 Å². The standard InChI is InChI=1S/C10H18N4O/c1-4-10(11,5-2)9(15)12-8-6-7(3)13-14-8/h6H,4-5,11H2,1-3H3,(H2,12,13,14,15). The van der Waals surface area contributed by atoms with Crippen LogP contribution in [0.2, 0.25) is 0 Å². The Hall–Kier alpha value is -1.36. The van der Waals surface area contributed by atoms with E-state index < -0.39 is 5.54 Å². The number of aromatic nitrogens is 2. The Bertz CT molecular complexity index is 341. The maximum absolute atomic E-state index is 11.8. The molecule has 0 spiro atoms. The molecule has 0 bridgehead atoms. The van der Waals surface area contributed by atoms with Crippen LogP contribution in [0.25, 0.3) is 0 Å². The minimum atomic E-state index is -0.799. The van der Waals surface area contributed by atoms with E-state index in [0.29, 0.717) is 18.7 Å². The number of aryl methyl sites for hydroxylation is 1. The molecule has 0 saturated heterocycles. The molecule has 0 aromatic carbocycles. The Morgan fingerprint density at radius 1 is 1.60 bits per heavy atom. The van der Waals surface area contributed by atoms with Gasteiger partial charge in [-0.1, -0.05) is 13.8 Å². The first-order valence-electron chi connectivity index (χ1n) is 5.14. The van der Waals surface area contributed by atoms with Gasteiger partial charge in [0, 0.05) is 11.8 Å². The van der Waals surface area contributed by atoms with Gasteiger partial charge in [-0.3, -0.25) is 9.89 Å². The van der Waals surface area contributed by atoms with E-state index in [1.807, 2.05) is 20.8 Å². The molecule has 1 amide bonds. The number of anilines is 1. The van der Waals surface area contributed by atoms with Crippen LogP contribution in [0, 0.1) is 6.92 Å². The van der Waals surface area contributed by atoms with Crippen LogP contribution in [-0.2, 0) is 4.79 Å². The highest BCUT2D eigenvalue weighted by molar-refractivity contribution is 5.97. The van der Waals surface area contributed by atoms with Gasteiger partial charge in [0.1, 0.15) is 0 Å². The number of hydrogen-bond acceptors (Lipinski definition) is 3. The van der Waals surface area contributed by atoms with Gasteiger partial charge in [-0.05, 0) is 19.8 Å². The predicted molar refractivity (Wildman–Crippen MR) is 59.5 cm³/mol. The van der Waals surface area contributed by atoms with Crippen molar-refractivity contribution in [3.05, 3.63) is 11.8 Å². The van der Waals surface area contributed by atoms with Crippen LogP contribution >= 0.6 is 0 Å². The molecule has 0 aliphatic heterocycles. The summed E-state index contributed by atoms with van der Waals surface area (Å²) in [6, 6.07) is 1.77. The number of H-pyrrole nitrogens is 1. The molecule has 1 rings (SSSR count). The number of hydrogen-bond donors (Lipinski definition) is 3. The lowest BCUT2D eigenvalue weighted by atomic mass is 9.93. The lowest BCUT2D eigenvalue weighted by Crippen LogP contribution is -2.50. The molecule has 0 aliphatic carbocycles. The van der Waals surface area contributed by atoms with Crippen LogP contribution in [0.4, 0.5) is 5.82 Å². The van der Waals surface area contributed by atoms with Gasteiger partial charge in [-0.25, -0.2) is 0 Å². The third-order valence-corrected chi connectivity index (χ3v) is 2.66. The van der Waals surface area contributed by atoms with Crippen molar-refractivity contribution in [2.45, 2.75) is 39.2 Å². The van der Waals surface area contributed by atoms with Crippen molar-refractivity contribution in [1.82, 2.24) is 10.2 Å². The molecule has 5 nitrogen and oxygen atoms in total. The fourth-order valence-corrected chi connectivity index (χ4v) is 1.29. The topological polar surface area (TPSA) is 83.8 Å². The number of nitrogens with two attached hydrogens (primary N) is 1. The molecule has 15 heavy (non-hydrogen) atoms. The van der Waals surface area contributed by atoms with Crippen molar-refractivity contribution in [3.63, 3.8) is 0 Å². The molecule has 0 saturated carbocycles. The van der Waals surface area contributed by atoms with E-state index >= 15 is 0 Å². The highest BCUT2D eigenvalue weighted by atomic mass is 16.2. The molecule has 5 heteroatoms. The van der Waals surface area contributed by atoms with Gasteiger partial charge in [0.15, 0.2) is 5.82 Å². The predicted octanol–water partition coefficient (Wildman–Crippen LogP) is 1.17. The van der Waals surface area contributed by atoms with Gasteiger partial charge in [-0.15, -0.1) is 0 Å². The van der Waals surface area contributed by atoms with Gasteiger partial charge in [0.05, 0.1) is 5.54 Å². The van der Waals surface area contributed by atoms with Crippen LogP contribution in [0.15, 0.2) is 6.07 Å². The van der Waals surface area contributed by atoms with Crippen molar-refractivity contribution >= 4 is 11.7 Å². The van der Waals surface area contributed by atoms with Crippen molar-refractivity contribution in [2.24, 2.45) is 5.73 Å². The molecule has 0 unspecified atom stereocenters. The third kappa shape index (κ3) is 2.56. The largest absolute Gasteiger partial charge is 0.317 e. The van der Waals surface area contributed by atoms with E-state index in [1.54, 1.807) is 6.07 Å². The molecule has 0 atom stereocenters. The molecule has 0 fully saturated rings. The van der Waals surface area contributed by atoms with E-state index in [1.165, 1.54) is 0 Å². The van der Waals surface area contributed by atoms with Crippen LogP contribution < -0.4 is 11.1 Å². The summed E-state index contributed by atoms with van der Waals surface area (Å²) in [4.78, 5) is 11.8. The average molecular weight is 210 g/mol. The van der Waals surface area contributed by atoms with Crippen molar-refractivity contribution in [1.29, 1.82) is 0 Å². The summed E-state index contributed by atoms with van der Waals surface area (Å²) in [7, 11) is 0. The van der Waals surface area contributed by atoms with Crippen molar-refractivity contribution in [3.8, 4) is 0 Å². The molecule has 84 valence electrons. The lowest BCUT2D eigenvalue weighted by molar-refractivity contribution is -0.121. The minimum absolute atomic E-state index is 0.181. The van der Waals surface area contributed by atoms with E-state index in [4.69, 9.17) is 5.73 Å². The normalized spacial score (nSPS) is 11.5. The Balaban J connectivity index is 2.70. The van der Waals surface area contributed by atoms with Gasteiger partial charge in [-0.2, -0.15) is 5.10 Å². The van der Waals surface area contributed by atoms with Crippen LogP contribution in [0.5, 0.6) is 0 Å². The first kappa shape index (κ1) is 11.7. The molecule has 0 aliphatic rings. The van der Waals surface area contributed by atoms with E-state index in [9.17, 15) is 4.79 Å². The number of aromatic amines is 1. The number of nitrogens with zero attached hydrogens (tertiary/aromatic N) is 1. The lowest BCUT2D eigenvalue weighted by Gasteiger charge is -2.24. The summed E-state index contributed by atoms with van der Waals surface area (Å²) < 4.78 is 0. The zero-order chi connectivity index (χ0) is 11.5. The fourth-order valence-electron chi connectivity index (χ4n) is 1.29. The molecule has 1 aromatic rings. The third-order valence-electron chi connectivity index (χ3n) is 2.66. The first-order valence-corrected chi connectivity index (χ1v) is 5.14. The fraction of sp³-hybridized carbons (Fsp3) is 0.600. The summed E-state index contributed by atoms with van der Waals surface area (Å²) in [6.07, 6.45) is 1.22. The molecular weight excluding hydrogens is 192 g/mol. The highest BCUT2D eigenvalue weighted by Gasteiger charge is 2.30. The number of amides is 1. The van der Waals surface area contributed by atoms with Crippen LogP contribution in [-0.4, -0.2) is 21.6 Å². The molecule has 0 radical (unpaired) electrons. The number of carbonyl (C=O) groups excluding carboxylic acids is 1. The second kappa shape index (κ2) is 4.44. The molecule has 1 heterocycles. The van der Waals surface area contributed by atoms with Crippen molar-refractivity contribution < 1.29 is 4.79 Å². The zero-order valence-corrected chi connectivity index (χ0v) is 9.42. The number of nitrogens with one attached hydrogen (secondary N) is 2. The summed E-state index contributed by atoms with van der Waals surface area (Å²) in [5.74, 6) is 0.341. The number of carbonyl (C=O) groups is 1. The first-order chi connectivity index (χ1) is 7.01. The summed E-state index contributed by atoms with van der Waals surface area (Å²) >= 11 is 0. The Morgan fingerprint density at radius 2 is 2.20 bits per heavy atom. The van der Waals surface area contributed by atoms with Gasteiger partial charge in [0.25, 0.3) is 0 Å². The molecule has 4 N–H and O–H groups in total. The van der Waals surface area contributed by atoms with Crippen molar-refractivity contribution in [2.75, 3.05) is 5.32 Å². The minimum Gasteiger partial charge on any atom is -0.317 e. The molecular formula is C10H18N4O. The highest BCUT2D eigenvalue weighted by Crippen LogP contribution is 2.14. The number of rotatable bonds is 4. The monoisotopic (exact) mass is 210 g/mol. The summed E-state index contributed by atoms with van der Waals surface area (Å²) in [5, 5.41) is 9.38. The maximum Gasteiger partial charge on any atom is 0.245 e. The average Bonchev–Trinajstić information content (AvgIpc) is 2.62. The van der Waals surface area contributed by atoms with E-state index in [-0.39, 0.29) is 5.91 Å². The van der Waals surface area contributed by atoms with Gasteiger partial charge in [0.2, 0.25) is 5.91 Å². The van der Waals surface area contributed by atoms with E-state index in [0.717, 1.165) is 5.69 Å². The summed E-state index contributed by atoms with van der Waals surface area (Å²) in [6.45, 7) is 5.68. The Kier molecular flexibility index (Phi) is 3.47. The summed E-state index contributed by atoms with van der Waals surface area (Å²) in [5.41, 5.74) is 6.05. The zero-order valence-electron chi connectivity index (χ0n) is 9.42. The quantitative estimate of drug-likeness (QED) is 0.697. The maximum atomic E-state index is 11.8. The Morgan fingerprint density at radius 3 is 2.60 bits per heavy atom. The molecule has 1 aromatic heterocycles. The van der Waals surface area contributed by atoms with Crippen LogP contribution in [0.3, 0.4) is 0 Å². The smallest absolute Gasteiger partial charge is 0.245 e. The van der Waals surface area contributed by atoms with E-state index in [2.05, 4.69) is 15.5 Å². The SMILES string of the molecule is CCC(N)(CC)C(=O)Nc1cc(C)[nH]n1. The Labute approximate surface area is 89.4 Å². The second-order valence-electron chi connectivity index (χ2n) is 3.75.